The van der Waals surface area contributed by atoms with Gasteiger partial charge in [0.2, 0.25) is 0 Å². The fourth-order valence-corrected chi connectivity index (χ4v) is 3.59. The van der Waals surface area contributed by atoms with Gasteiger partial charge in [0.15, 0.2) is 5.65 Å². The molecule has 2 aromatic rings. The van der Waals surface area contributed by atoms with Crippen LogP contribution in [0.25, 0.3) is 5.65 Å². The second-order valence-electron chi connectivity index (χ2n) is 6.93. The van der Waals surface area contributed by atoms with E-state index >= 15 is 0 Å². The third kappa shape index (κ3) is 4.28. The lowest BCUT2D eigenvalue weighted by atomic mass is 9.97. The predicted molar refractivity (Wildman–Crippen MR) is 97.5 cm³/mol. The Morgan fingerprint density at radius 3 is 3.00 bits per heavy atom. The Labute approximate surface area is 148 Å². The van der Waals surface area contributed by atoms with E-state index in [1.165, 1.54) is 5.56 Å². The maximum absolute atomic E-state index is 11.6. The molecule has 0 unspecified atom stereocenters. The largest absolute Gasteiger partial charge is 0.338 e. The van der Waals surface area contributed by atoms with Gasteiger partial charge in [0.1, 0.15) is 0 Å². The standard InChI is InChI=1S/C18H28N6O/c1-4-19-18(25)20-9-15-6-5-7-23(11-15)12-16-10-21-24-14(3)8-13(2)22-17(16)24/h8,10,15H,4-7,9,11-12H2,1-3H3,(H2,19,20,25)/t15-/m0/s1. The highest BCUT2D eigenvalue weighted by Gasteiger charge is 2.22. The molecule has 0 bridgehead atoms. The van der Waals surface area contributed by atoms with Crippen molar-refractivity contribution in [3.63, 3.8) is 0 Å². The fourth-order valence-electron chi connectivity index (χ4n) is 3.59. The summed E-state index contributed by atoms with van der Waals surface area (Å²) in [4.78, 5) is 18.7. The zero-order valence-electron chi connectivity index (χ0n) is 15.4. The average molecular weight is 344 g/mol. The van der Waals surface area contributed by atoms with Crippen molar-refractivity contribution in [2.75, 3.05) is 26.2 Å². The molecule has 7 heteroatoms. The van der Waals surface area contributed by atoms with Gasteiger partial charge in [0.05, 0.1) is 6.20 Å². The van der Waals surface area contributed by atoms with Crippen LogP contribution in [0, 0.1) is 19.8 Å². The molecule has 2 aromatic heterocycles. The van der Waals surface area contributed by atoms with Crippen molar-refractivity contribution in [2.24, 2.45) is 5.92 Å². The molecule has 25 heavy (non-hydrogen) atoms. The summed E-state index contributed by atoms with van der Waals surface area (Å²) in [6.45, 7) is 10.3. The molecule has 0 spiro atoms. The van der Waals surface area contributed by atoms with E-state index in [0.29, 0.717) is 12.5 Å². The number of aromatic nitrogens is 3. The monoisotopic (exact) mass is 344 g/mol. The number of likely N-dealkylation sites (tertiary alicyclic amines) is 1. The maximum Gasteiger partial charge on any atom is 0.314 e. The van der Waals surface area contributed by atoms with Crippen LogP contribution in [0.1, 0.15) is 36.7 Å². The van der Waals surface area contributed by atoms with E-state index in [9.17, 15) is 4.79 Å². The summed E-state index contributed by atoms with van der Waals surface area (Å²) < 4.78 is 1.92. The van der Waals surface area contributed by atoms with Gasteiger partial charge in [0.25, 0.3) is 0 Å². The molecule has 1 fully saturated rings. The molecular weight excluding hydrogens is 316 g/mol. The number of carbonyl (C=O) groups excluding carboxylic acids is 1. The lowest BCUT2D eigenvalue weighted by Crippen LogP contribution is -2.43. The van der Waals surface area contributed by atoms with Gasteiger partial charge in [0, 0.05) is 43.1 Å². The van der Waals surface area contributed by atoms with Crippen LogP contribution in [-0.4, -0.2) is 51.7 Å². The smallest absolute Gasteiger partial charge is 0.314 e. The Morgan fingerprint density at radius 1 is 1.36 bits per heavy atom. The number of amides is 2. The molecule has 1 aliphatic rings. The first-order valence-corrected chi connectivity index (χ1v) is 9.11. The first-order chi connectivity index (χ1) is 12.1. The number of hydrogen-bond donors (Lipinski definition) is 2. The highest BCUT2D eigenvalue weighted by atomic mass is 16.2. The van der Waals surface area contributed by atoms with Crippen molar-refractivity contribution in [3.8, 4) is 0 Å². The van der Waals surface area contributed by atoms with Crippen molar-refractivity contribution in [3.05, 3.63) is 29.2 Å². The topological polar surface area (TPSA) is 74.6 Å². The van der Waals surface area contributed by atoms with Crippen molar-refractivity contribution >= 4 is 11.7 Å². The van der Waals surface area contributed by atoms with Crippen LogP contribution in [0.5, 0.6) is 0 Å². The Bertz CT molecular complexity index is 740. The minimum Gasteiger partial charge on any atom is -0.338 e. The molecule has 0 aromatic carbocycles. The number of nitrogens with zero attached hydrogens (tertiary/aromatic N) is 4. The lowest BCUT2D eigenvalue weighted by Gasteiger charge is -2.32. The third-order valence-electron chi connectivity index (χ3n) is 4.74. The normalized spacial score (nSPS) is 18.4. The van der Waals surface area contributed by atoms with Gasteiger partial charge in [-0.25, -0.2) is 14.3 Å². The SMILES string of the molecule is CCNC(=O)NC[C@@H]1CCCN(Cc2cnn3c(C)cc(C)nc23)C1. The molecule has 0 radical (unpaired) electrons. The number of urea groups is 1. The molecule has 2 N–H and O–H groups in total. The van der Waals surface area contributed by atoms with E-state index < -0.39 is 0 Å². The number of aryl methyl sites for hydroxylation is 2. The molecule has 1 aliphatic heterocycles. The average Bonchev–Trinajstić information content (AvgIpc) is 2.97. The molecule has 136 valence electrons. The van der Waals surface area contributed by atoms with Crippen LogP contribution in [0.4, 0.5) is 4.79 Å². The van der Waals surface area contributed by atoms with Crippen molar-refractivity contribution < 1.29 is 4.79 Å². The Hall–Kier alpha value is -2.15. The molecule has 0 aliphatic carbocycles. The maximum atomic E-state index is 11.6. The summed E-state index contributed by atoms with van der Waals surface area (Å²) in [6.07, 6.45) is 4.26. The zero-order valence-corrected chi connectivity index (χ0v) is 15.4. The number of fused-ring (bicyclic) bond motifs is 1. The molecular formula is C18H28N6O. The highest BCUT2D eigenvalue weighted by molar-refractivity contribution is 5.73. The van der Waals surface area contributed by atoms with Crippen LogP contribution in [0.2, 0.25) is 0 Å². The van der Waals surface area contributed by atoms with Gasteiger partial charge in [-0.05, 0) is 52.1 Å². The number of nitrogens with one attached hydrogen (secondary N) is 2. The fraction of sp³-hybridized carbons (Fsp3) is 0.611. The molecule has 1 saturated heterocycles. The van der Waals surface area contributed by atoms with Gasteiger partial charge >= 0.3 is 6.03 Å². The second kappa shape index (κ2) is 7.82. The van der Waals surface area contributed by atoms with Gasteiger partial charge in [-0.3, -0.25) is 4.90 Å². The van der Waals surface area contributed by atoms with Crippen LogP contribution in [0.3, 0.4) is 0 Å². The number of carbonyl (C=O) groups is 1. The molecule has 1 atom stereocenters. The van der Waals surface area contributed by atoms with Gasteiger partial charge in [-0.2, -0.15) is 5.10 Å². The summed E-state index contributed by atoms with van der Waals surface area (Å²) in [6, 6.07) is 1.98. The second-order valence-corrected chi connectivity index (χ2v) is 6.93. The lowest BCUT2D eigenvalue weighted by molar-refractivity contribution is 0.165. The van der Waals surface area contributed by atoms with Crippen LogP contribution >= 0.6 is 0 Å². The molecule has 3 heterocycles. The minimum absolute atomic E-state index is 0.0718. The third-order valence-corrected chi connectivity index (χ3v) is 4.74. The quantitative estimate of drug-likeness (QED) is 0.868. The Kier molecular flexibility index (Phi) is 5.53. The summed E-state index contributed by atoms with van der Waals surface area (Å²) in [5, 5.41) is 10.2. The van der Waals surface area contributed by atoms with E-state index in [-0.39, 0.29) is 6.03 Å². The van der Waals surface area contributed by atoms with E-state index in [0.717, 1.165) is 56.1 Å². The number of hydrogen-bond acceptors (Lipinski definition) is 4. The minimum atomic E-state index is -0.0718. The van der Waals surface area contributed by atoms with E-state index in [1.54, 1.807) is 0 Å². The predicted octanol–water partition coefficient (Wildman–Crippen LogP) is 1.88. The molecule has 7 nitrogen and oxygen atoms in total. The van der Waals surface area contributed by atoms with Crippen LogP contribution in [-0.2, 0) is 6.54 Å². The molecule has 0 saturated carbocycles. The van der Waals surface area contributed by atoms with E-state index in [2.05, 4.69) is 32.5 Å². The highest BCUT2D eigenvalue weighted by Crippen LogP contribution is 2.20. The van der Waals surface area contributed by atoms with Crippen molar-refractivity contribution in [2.45, 2.75) is 40.2 Å². The van der Waals surface area contributed by atoms with Crippen molar-refractivity contribution in [1.29, 1.82) is 0 Å². The Morgan fingerprint density at radius 2 is 2.20 bits per heavy atom. The summed E-state index contributed by atoms with van der Waals surface area (Å²) in [5.41, 5.74) is 4.26. The molecule has 3 rings (SSSR count). The summed E-state index contributed by atoms with van der Waals surface area (Å²) >= 11 is 0. The van der Waals surface area contributed by atoms with Gasteiger partial charge in [-0.1, -0.05) is 0 Å². The number of piperidine rings is 1. The first-order valence-electron chi connectivity index (χ1n) is 9.11. The van der Waals surface area contributed by atoms with E-state index in [1.807, 2.05) is 30.6 Å². The molecule has 2 amide bonds. The summed E-state index contributed by atoms with van der Waals surface area (Å²) in [5.74, 6) is 0.495. The van der Waals surface area contributed by atoms with Crippen LogP contribution in [0.15, 0.2) is 12.3 Å². The van der Waals surface area contributed by atoms with Gasteiger partial charge < -0.3 is 10.6 Å². The van der Waals surface area contributed by atoms with E-state index in [4.69, 9.17) is 0 Å². The number of rotatable bonds is 5. The first kappa shape index (κ1) is 17.7. The summed E-state index contributed by atoms with van der Waals surface area (Å²) in [7, 11) is 0. The zero-order chi connectivity index (χ0) is 17.8. The van der Waals surface area contributed by atoms with Gasteiger partial charge in [-0.15, -0.1) is 0 Å². The Balaban J connectivity index is 1.62. The van der Waals surface area contributed by atoms with Crippen LogP contribution < -0.4 is 10.6 Å². The van der Waals surface area contributed by atoms with Crippen molar-refractivity contribution in [1.82, 2.24) is 30.1 Å².